The molecular formula is C19H19Br. The van der Waals surface area contributed by atoms with Crippen molar-refractivity contribution in [2.24, 2.45) is 0 Å². The molecule has 0 spiro atoms. The molecule has 0 saturated heterocycles. The SMILES string of the molecule is CC1=Cc2c(ccc(Br)c2-c2c(C)cc(C)cc2C)C1. The highest BCUT2D eigenvalue weighted by Gasteiger charge is 2.19. The maximum absolute atomic E-state index is 3.76. The van der Waals surface area contributed by atoms with Gasteiger partial charge in [-0.3, -0.25) is 0 Å². The van der Waals surface area contributed by atoms with E-state index in [0.29, 0.717) is 0 Å². The lowest BCUT2D eigenvalue weighted by atomic mass is 9.90. The minimum absolute atomic E-state index is 1.08. The highest BCUT2D eigenvalue weighted by molar-refractivity contribution is 9.10. The Kier molecular flexibility index (Phi) is 3.33. The van der Waals surface area contributed by atoms with Crippen LogP contribution in [0.2, 0.25) is 0 Å². The Morgan fingerprint density at radius 1 is 0.900 bits per heavy atom. The van der Waals surface area contributed by atoms with E-state index < -0.39 is 0 Å². The molecular weight excluding hydrogens is 308 g/mol. The Morgan fingerprint density at radius 3 is 2.20 bits per heavy atom. The topological polar surface area (TPSA) is 0 Å². The zero-order valence-corrected chi connectivity index (χ0v) is 14.1. The Hall–Kier alpha value is -1.34. The first kappa shape index (κ1) is 13.6. The van der Waals surface area contributed by atoms with Gasteiger partial charge in [-0.25, -0.2) is 0 Å². The Balaban J connectivity index is 2.35. The predicted molar refractivity (Wildman–Crippen MR) is 91.1 cm³/mol. The van der Waals surface area contributed by atoms with E-state index in [9.17, 15) is 0 Å². The zero-order valence-electron chi connectivity index (χ0n) is 12.5. The Bertz CT molecular complexity index is 713. The van der Waals surface area contributed by atoms with Crippen LogP contribution in [0.3, 0.4) is 0 Å². The standard InChI is InChI=1S/C19H19Br/c1-11-7-13(3)18(14(4)8-11)19-16-10-12(2)9-15(16)5-6-17(19)20/h5-8,10H,9H2,1-4H3. The fourth-order valence-corrected chi connectivity index (χ4v) is 3.93. The highest BCUT2D eigenvalue weighted by atomic mass is 79.9. The summed E-state index contributed by atoms with van der Waals surface area (Å²) in [5.41, 5.74) is 11.1. The molecule has 102 valence electrons. The molecule has 0 atom stereocenters. The maximum atomic E-state index is 3.76. The van der Waals surface area contributed by atoms with Crippen molar-refractivity contribution in [3.8, 4) is 11.1 Å². The van der Waals surface area contributed by atoms with E-state index in [4.69, 9.17) is 0 Å². The van der Waals surface area contributed by atoms with Crippen LogP contribution in [0.25, 0.3) is 17.2 Å². The van der Waals surface area contributed by atoms with Crippen molar-refractivity contribution in [2.45, 2.75) is 34.1 Å². The molecule has 2 aromatic carbocycles. The molecule has 0 aliphatic heterocycles. The molecule has 0 radical (unpaired) electrons. The number of hydrogen-bond donors (Lipinski definition) is 0. The fraction of sp³-hybridized carbons (Fsp3) is 0.263. The molecule has 0 saturated carbocycles. The minimum Gasteiger partial charge on any atom is -0.0683 e. The van der Waals surface area contributed by atoms with Crippen LogP contribution in [0.15, 0.2) is 34.3 Å². The van der Waals surface area contributed by atoms with E-state index in [1.165, 1.54) is 49.0 Å². The monoisotopic (exact) mass is 326 g/mol. The molecule has 0 amide bonds. The van der Waals surface area contributed by atoms with Crippen LogP contribution in [-0.2, 0) is 6.42 Å². The van der Waals surface area contributed by atoms with Crippen molar-refractivity contribution in [1.82, 2.24) is 0 Å². The van der Waals surface area contributed by atoms with Crippen molar-refractivity contribution < 1.29 is 0 Å². The van der Waals surface area contributed by atoms with Crippen LogP contribution in [0.4, 0.5) is 0 Å². The average molecular weight is 327 g/mol. The summed E-state index contributed by atoms with van der Waals surface area (Å²) in [5, 5.41) is 0. The second-order valence-electron chi connectivity index (χ2n) is 5.94. The van der Waals surface area contributed by atoms with Gasteiger partial charge in [-0.2, -0.15) is 0 Å². The Labute approximate surface area is 129 Å². The third kappa shape index (κ3) is 2.14. The van der Waals surface area contributed by atoms with Gasteiger partial charge in [0.1, 0.15) is 0 Å². The van der Waals surface area contributed by atoms with E-state index in [0.717, 1.165) is 6.42 Å². The normalized spacial score (nSPS) is 13.3. The molecule has 20 heavy (non-hydrogen) atoms. The third-order valence-electron chi connectivity index (χ3n) is 4.07. The largest absolute Gasteiger partial charge is 0.0683 e. The average Bonchev–Trinajstić information content (AvgIpc) is 2.71. The van der Waals surface area contributed by atoms with Gasteiger partial charge < -0.3 is 0 Å². The van der Waals surface area contributed by atoms with E-state index in [1.54, 1.807) is 0 Å². The molecule has 0 aromatic heterocycles. The lowest BCUT2D eigenvalue weighted by Crippen LogP contribution is -1.95. The van der Waals surface area contributed by atoms with Gasteiger partial charge in [-0.15, -0.1) is 0 Å². The number of hydrogen-bond acceptors (Lipinski definition) is 0. The molecule has 1 aliphatic carbocycles. The van der Waals surface area contributed by atoms with Gasteiger partial charge in [0.25, 0.3) is 0 Å². The molecule has 3 rings (SSSR count). The van der Waals surface area contributed by atoms with Crippen LogP contribution < -0.4 is 0 Å². The van der Waals surface area contributed by atoms with Crippen LogP contribution >= 0.6 is 15.9 Å². The number of benzene rings is 2. The van der Waals surface area contributed by atoms with Crippen molar-refractivity contribution in [2.75, 3.05) is 0 Å². The van der Waals surface area contributed by atoms with Crippen LogP contribution in [0, 0.1) is 20.8 Å². The lowest BCUT2D eigenvalue weighted by molar-refractivity contribution is 1.19. The molecule has 0 heterocycles. The van der Waals surface area contributed by atoms with E-state index in [1.807, 2.05) is 0 Å². The van der Waals surface area contributed by atoms with Gasteiger partial charge in [-0.1, -0.05) is 51.3 Å². The number of allylic oxidation sites excluding steroid dienone is 1. The first-order valence-electron chi connectivity index (χ1n) is 7.04. The molecule has 1 heteroatoms. The fourth-order valence-electron chi connectivity index (χ4n) is 3.38. The first-order chi connectivity index (χ1) is 9.47. The highest BCUT2D eigenvalue weighted by Crippen LogP contribution is 2.41. The smallest absolute Gasteiger partial charge is 0.0260 e. The van der Waals surface area contributed by atoms with Gasteiger partial charge in [0, 0.05) is 10.0 Å². The van der Waals surface area contributed by atoms with E-state index >= 15 is 0 Å². The number of aryl methyl sites for hydroxylation is 3. The molecule has 0 fully saturated rings. The number of rotatable bonds is 1. The summed E-state index contributed by atoms with van der Waals surface area (Å²) >= 11 is 3.76. The Morgan fingerprint density at radius 2 is 1.55 bits per heavy atom. The predicted octanol–water partition coefficient (Wildman–Crippen LogP) is 6.00. The molecule has 0 unspecified atom stereocenters. The molecule has 2 aromatic rings. The molecule has 0 nitrogen and oxygen atoms in total. The molecule has 0 bridgehead atoms. The van der Waals surface area contributed by atoms with Gasteiger partial charge >= 0.3 is 0 Å². The van der Waals surface area contributed by atoms with Crippen molar-refractivity contribution >= 4 is 22.0 Å². The summed E-state index contributed by atoms with van der Waals surface area (Å²) < 4.78 is 1.19. The van der Waals surface area contributed by atoms with Crippen molar-refractivity contribution in [3.63, 3.8) is 0 Å². The quantitative estimate of drug-likeness (QED) is 0.602. The first-order valence-corrected chi connectivity index (χ1v) is 7.83. The van der Waals surface area contributed by atoms with Gasteiger partial charge in [-0.05, 0) is 68.0 Å². The minimum atomic E-state index is 1.08. The second-order valence-corrected chi connectivity index (χ2v) is 6.79. The van der Waals surface area contributed by atoms with E-state index in [-0.39, 0.29) is 0 Å². The summed E-state index contributed by atoms with van der Waals surface area (Å²) in [6.07, 6.45) is 3.42. The van der Waals surface area contributed by atoms with Crippen LogP contribution in [0.1, 0.15) is 34.7 Å². The van der Waals surface area contributed by atoms with E-state index in [2.05, 4.69) is 74.0 Å². The zero-order chi connectivity index (χ0) is 14.4. The number of fused-ring (bicyclic) bond motifs is 1. The summed E-state index contributed by atoms with van der Waals surface area (Å²) in [5.74, 6) is 0. The van der Waals surface area contributed by atoms with Crippen LogP contribution in [0.5, 0.6) is 0 Å². The van der Waals surface area contributed by atoms with Crippen molar-refractivity contribution in [1.29, 1.82) is 0 Å². The molecule has 1 aliphatic rings. The third-order valence-corrected chi connectivity index (χ3v) is 4.73. The maximum Gasteiger partial charge on any atom is 0.0260 e. The summed E-state index contributed by atoms with van der Waals surface area (Å²) in [4.78, 5) is 0. The summed E-state index contributed by atoms with van der Waals surface area (Å²) in [7, 11) is 0. The second kappa shape index (κ2) is 4.89. The van der Waals surface area contributed by atoms with Gasteiger partial charge in [0.2, 0.25) is 0 Å². The molecule has 0 N–H and O–H groups in total. The van der Waals surface area contributed by atoms with Crippen molar-refractivity contribution in [3.05, 3.63) is 62.1 Å². The van der Waals surface area contributed by atoms with Gasteiger partial charge in [0.05, 0.1) is 0 Å². The summed E-state index contributed by atoms with van der Waals surface area (Å²) in [6, 6.07) is 8.99. The van der Waals surface area contributed by atoms with Gasteiger partial charge in [0.15, 0.2) is 0 Å². The number of halogens is 1. The lowest BCUT2D eigenvalue weighted by Gasteiger charge is -2.16. The van der Waals surface area contributed by atoms with Crippen LogP contribution in [-0.4, -0.2) is 0 Å². The summed E-state index contributed by atoms with van der Waals surface area (Å²) in [6.45, 7) is 8.81.